The van der Waals surface area contributed by atoms with Crippen LogP contribution in [0, 0.1) is 0 Å². The lowest BCUT2D eigenvalue weighted by Crippen LogP contribution is -2.37. The molecule has 2 rings (SSSR count). The van der Waals surface area contributed by atoms with Gasteiger partial charge in [0.2, 0.25) is 5.91 Å². The standard InChI is InChI=1S/C15H21NO2/c17-12-4-7-15(18)16-10-8-14(9-11-16)13-5-2-1-3-6-13/h1-3,5-6,14,17H,4,7-12H2. The second-order valence-corrected chi connectivity index (χ2v) is 4.89. The molecule has 0 spiro atoms. The van der Waals surface area contributed by atoms with E-state index in [0.717, 1.165) is 25.9 Å². The van der Waals surface area contributed by atoms with Gasteiger partial charge in [0.25, 0.3) is 0 Å². The molecule has 1 amide bonds. The first-order chi connectivity index (χ1) is 8.81. The Morgan fingerprint density at radius 2 is 1.89 bits per heavy atom. The molecule has 1 aromatic carbocycles. The van der Waals surface area contributed by atoms with Crippen LogP contribution in [0.5, 0.6) is 0 Å². The summed E-state index contributed by atoms with van der Waals surface area (Å²) in [6, 6.07) is 10.5. The maximum atomic E-state index is 11.8. The van der Waals surface area contributed by atoms with E-state index < -0.39 is 0 Å². The van der Waals surface area contributed by atoms with Gasteiger partial charge in [-0.1, -0.05) is 30.3 Å². The second kappa shape index (κ2) is 6.55. The van der Waals surface area contributed by atoms with Crippen molar-refractivity contribution in [2.45, 2.75) is 31.6 Å². The summed E-state index contributed by atoms with van der Waals surface area (Å²) in [5.74, 6) is 0.781. The highest BCUT2D eigenvalue weighted by molar-refractivity contribution is 5.76. The number of carbonyl (C=O) groups is 1. The Bertz CT molecular complexity index is 369. The van der Waals surface area contributed by atoms with Crippen LogP contribution < -0.4 is 0 Å². The van der Waals surface area contributed by atoms with Crippen LogP contribution in [0.25, 0.3) is 0 Å². The SMILES string of the molecule is O=C(CCCO)N1CCC(c2ccccc2)CC1. The Morgan fingerprint density at radius 1 is 1.22 bits per heavy atom. The normalized spacial score (nSPS) is 16.8. The average Bonchev–Trinajstić information content (AvgIpc) is 2.46. The number of aliphatic hydroxyl groups is 1. The number of rotatable bonds is 4. The third-order valence-corrected chi connectivity index (χ3v) is 3.67. The molecule has 0 atom stereocenters. The largest absolute Gasteiger partial charge is 0.396 e. The zero-order chi connectivity index (χ0) is 12.8. The molecular weight excluding hydrogens is 226 g/mol. The van der Waals surface area contributed by atoms with Crippen LogP contribution in [0.2, 0.25) is 0 Å². The number of aliphatic hydroxyl groups excluding tert-OH is 1. The Kier molecular flexibility index (Phi) is 4.76. The molecule has 1 saturated heterocycles. The van der Waals surface area contributed by atoms with Crippen molar-refractivity contribution in [3.63, 3.8) is 0 Å². The molecule has 3 nitrogen and oxygen atoms in total. The van der Waals surface area contributed by atoms with Crippen molar-refractivity contribution in [3.05, 3.63) is 35.9 Å². The summed E-state index contributed by atoms with van der Waals surface area (Å²) in [7, 11) is 0. The number of carbonyl (C=O) groups excluding carboxylic acids is 1. The van der Waals surface area contributed by atoms with Gasteiger partial charge in [-0.3, -0.25) is 4.79 Å². The first-order valence-electron chi connectivity index (χ1n) is 6.75. The van der Waals surface area contributed by atoms with Gasteiger partial charge >= 0.3 is 0 Å². The van der Waals surface area contributed by atoms with Crippen LogP contribution in [0.3, 0.4) is 0 Å². The number of benzene rings is 1. The minimum absolute atomic E-state index is 0.103. The van der Waals surface area contributed by atoms with E-state index in [1.165, 1.54) is 5.56 Å². The van der Waals surface area contributed by atoms with Crippen LogP contribution in [0.1, 0.15) is 37.2 Å². The van der Waals surface area contributed by atoms with E-state index in [0.29, 0.717) is 18.8 Å². The minimum Gasteiger partial charge on any atom is -0.396 e. The van der Waals surface area contributed by atoms with Crippen molar-refractivity contribution >= 4 is 5.91 Å². The van der Waals surface area contributed by atoms with E-state index in [9.17, 15) is 4.79 Å². The fourth-order valence-corrected chi connectivity index (χ4v) is 2.58. The zero-order valence-electron chi connectivity index (χ0n) is 10.7. The number of likely N-dealkylation sites (tertiary alicyclic amines) is 1. The first kappa shape index (κ1) is 13.1. The maximum absolute atomic E-state index is 11.8. The molecule has 3 heteroatoms. The molecule has 1 fully saturated rings. The van der Waals surface area contributed by atoms with Gasteiger partial charge < -0.3 is 10.0 Å². The second-order valence-electron chi connectivity index (χ2n) is 4.89. The van der Waals surface area contributed by atoms with Gasteiger partial charge in [0.1, 0.15) is 0 Å². The van der Waals surface area contributed by atoms with Gasteiger partial charge in [-0.25, -0.2) is 0 Å². The highest BCUT2D eigenvalue weighted by Gasteiger charge is 2.23. The molecule has 0 aliphatic carbocycles. The summed E-state index contributed by atoms with van der Waals surface area (Å²) in [5, 5.41) is 8.73. The van der Waals surface area contributed by atoms with Crippen molar-refractivity contribution < 1.29 is 9.90 Å². The lowest BCUT2D eigenvalue weighted by molar-refractivity contribution is -0.132. The van der Waals surface area contributed by atoms with Crippen LogP contribution in [0.4, 0.5) is 0 Å². The summed E-state index contributed by atoms with van der Waals surface area (Å²) >= 11 is 0. The minimum atomic E-state index is 0.103. The number of amides is 1. The van der Waals surface area contributed by atoms with Crippen molar-refractivity contribution in [2.24, 2.45) is 0 Å². The summed E-state index contributed by atoms with van der Waals surface area (Å²) < 4.78 is 0. The molecule has 98 valence electrons. The molecule has 18 heavy (non-hydrogen) atoms. The first-order valence-corrected chi connectivity index (χ1v) is 6.75. The molecule has 1 aromatic rings. The fourth-order valence-electron chi connectivity index (χ4n) is 2.58. The molecule has 1 aliphatic rings. The quantitative estimate of drug-likeness (QED) is 0.885. The number of nitrogens with zero attached hydrogens (tertiary/aromatic N) is 1. The summed E-state index contributed by atoms with van der Waals surface area (Å²) in [5.41, 5.74) is 1.39. The zero-order valence-corrected chi connectivity index (χ0v) is 10.7. The summed E-state index contributed by atoms with van der Waals surface area (Å²) in [6.07, 6.45) is 3.16. The number of hydrogen-bond donors (Lipinski definition) is 1. The Hall–Kier alpha value is -1.35. The highest BCUT2D eigenvalue weighted by atomic mass is 16.3. The van der Waals surface area contributed by atoms with Crippen molar-refractivity contribution in [3.8, 4) is 0 Å². The third kappa shape index (κ3) is 3.33. The van der Waals surface area contributed by atoms with E-state index in [4.69, 9.17) is 5.11 Å². The van der Waals surface area contributed by atoms with E-state index in [-0.39, 0.29) is 12.5 Å². The van der Waals surface area contributed by atoms with Crippen LogP contribution in [-0.2, 0) is 4.79 Å². The summed E-state index contributed by atoms with van der Waals surface area (Å²) in [4.78, 5) is 13.8. The average molecular weight is 247 g/mol. The van der Waals surface area contributed by atoms with Crippen LogP contribution in [0.15, 0.2) is 30.3 Å². The molecule has 1 aliphatic heterocycles. The Balaban J connectivity index is 1.83. The van der Waals surface area contributed by atoms with E-state index in [1.807, 2.05) is 11.0 Å². The van der Waals surface area contributed by atoms with Gasteiger partial charge in [-0.15, -0.1) is 0 Å². The van der Waals surface area contributed by atoms with Crippen molar-refractivity contribution in [1.29, 1.82) is 0 Å². The van der Waals surface area contributed by atoms with Gasteiger partial charge in [0.15, 0.2) is 0 Å². The monoisotopic (exact) mass is 247 g/mol. The van der Waals surface area contributed by atoms with Gasteiger partial charge in [-0.05, 0) is 30.7 Å². The van der Waals surface area contributed by atoms with E-state index >= 15 is 0 Å². The Labute approximate surface area is 108 Å². The number of hydrogen-bond acceptors (Lipinski definition) is 2. The third-order valence-electron chi connectivity index (χ3n) is 3.67. The van der Waals surface area contributed by atoms with Crippen LogP contribution in [-0.4, -0.2) is 35.6 Å². The summed E-state index contributed by atoms with van der Waals surface area (Å²) in [6.45, 7) is 1.81. The number of piperidine rings is 1. The van der Waals surface area contributed by atoms with Crippen LogP contribution >= 0.6 is 0 Å². The molecule has 1 N–H and O–H groups in total. The fraction of sp³-hybridized carbons (Fsp3) is 0.533. The lowest BCUT2D eigenvalue weighted by atomic mass is 9.89. The van der Waals surface area contributed by atoms with Gasteiger partial charge in [0, 0.05) is 26.1 Å². The molecule has 1 heterocycles. The topological polar surface area (TPSA) is 40.5 Å². The maximum Gasteiger partial charge on any atom is 0.222 e. The molecule has 0 unspecified atom stereocenters. The molecule has 0 aromatic heterocycles. The molecule has 0 bridgehead atoms. The molecule has 0 saturated carbocycles. The van der Waals surface area contributed by atoms with E-state index in [2.05, 4.69) is 24.3 Å². The Morgan fingerprint density at radius 3 is 2.50 bits per heavy atom. The predicted octanol–water partition coefficient (Wildman–Crippen LogP) is 2.17. The van der Waals surface area contributed by atoms with E-state index in [1.54, 1.807) is 0 Å². The van der Waals surface area contributed by atoms with Gasteiger partial charge in [-0.2, -0.15) is 0 Å². The predicted molar refractivity (Wildman–Crippen MR) is 71.3 cm³/mol. The van der Waals surface area contributed by atoms with Gasteiger partial charge in [0.05, 0.1) is 0 Å². The smallest absolute Gasteiger partial charge is 0.222 e. The van der Waals surface area contributed by atoms with Crippen molar-refractivity contribution in [2.75, 3.05) is 19.7 Å². The highest BCUT2D eigenvalue weighted by Crippen LogP contribution is 2.27. The molecule has 0 radical (unpaired) electrons. The molecular formula is C15H21NO2. The lowest BCUT2D eigenvalue weighted by Gasteiger charge is -2.32. The van der Waals surface area contributed by atoms with Crippen molar-refractivity contribution in [1.82, 2.24) is 4.90 Å².